The second kappa shape index (κ2) is 5.92. The monoisotopic (exact) mass is 369 g/mol. The van der Waals surface area contributed by atoms with Crippen LogP contribution in [0.15, 0.2) is 54.9 Å². The smallest absolute Gasteiger partial charge is 0.185 e. The number of aryl methyl sites for hydroxylation is 2. The van der Waals surface area contributed by atoms with Crippen LogP contribution in [0.3, 0.4) is 0 Å². The van der Waals surface area contributed by atoms with Crippen molar-refractivity contribution in [3.8, 4) is 22.8 Å². The van der Waals surface area contributed by atoms with Gasteiger partial charge in [0.05, 0.1) is 16.6 Å². The van der Waals surface area contributed by atoms with Crippen molar-refractivity contribution < 1.29 is 5.11 Å². The Morgan fingerprint density at radius 2 is 1.64 bits per heavy atom. The van der Waals surface area contributed by atoms with Gasteiger partial charge in [-0.1, -0.05) is 30.3 Å². The topological polar surface area (TPSA) is 68.2 Å². The van der Waals surface area contributed by atoms with Gasteiger partial charge in [0.2, 0.25) is 0 Å². The minimum absolute atomic E-state index is 0.160. The van der Waals surface area contributed by atoms with Gasteiger partial charge < -0.3 is 5.11 Å². The molecule has 5 aromatic rings. The van der Waals surface area contributed by atoms with Gasteiger partial charge in [-0.3, -0.25) is 4.57 Å². The largest absolute Gasteiger partial charge is 0.507 e. The molecule has 1 N–H and O–H groups in total. The molecule has 0 spiro atoms. The first kappa shape index (κ1) is 16.5. The number of hydrogen-bond donors (Lipinski definition) is 1. The van der Waals surface area contributed by atoms with Gasteiger partial charge in [0, 0.05) is 5.69 Å². The second-order valence-corrected chi connectivity index (χ2v) is 7.00. The molecule has 0 aliphatic heterocycles. The third kappa shape index (κ3) is 2.24. The van der Waals surface area contributed by atoms with E-state index in [1.807, 2.05) is 24.3 Å². The van der Waals surface area contributed by atoms with E-state index in [-0.39, 0.29) is 5.75 Å². The van der Waals surface area contributed by atoms with E-state index in [1.54, 1.807) is 23.0 Å². The normalized spacial score (nSPS) is 11.5. The average molecular weight is 369 g/mol. The zero-order valence-corrected chi connectivity index (χ0v) is 15.9. The minimum Gasteiger partial charge on any atom is -0.507 e. The number of para-hydroxylation sites is 2. The van der Waals surface area contributed by atoms with Gasteiger partial charge in [-0.15, -0.1) is 5.10 Å². The molecule has 0 bridgehead atoms. The zero-order valence-electron chi connectivity index (χ0n) is 15.9. The van der Waals surface area contributed by atoms with Crippen LogP contribution < -0.4 is 0 Å². The van der Waals surface area contributed by atoms with Gasteiger partial charge in [-0.05, 0) is 50.1 Å². The highest BCUT2D eigenvalue weighted by Gasteiger charge is 2.20. The predicted octanol–water partition coefficient (Wildman–Crippen LogP) is 4.37. The summed E-state index contributed by atoms with van der Waals surface area (Å²) in [5.41, 5.74) is 6.72. The molecular weight excluding hydrogens is 350 g/mol. The number of phenolic OH excluding ortho intramolecular Hbond substituents is 1. The fourth-order valence-electron chi connectivity index (χ4n) is 3.75. The highest BCUT2D eigenvalue weighted by molar-refractivity contribution is 5.95. The lowest BCUT2D eigenvalue weighted by Gasteiger charge is -2.10. The molecule has 3 heterocycles. The lowest BCUT2D eigenvalue weighted by molar-refractivity contribution is 0.477. The van der Waals surface area contributed by atoms with Crippen molar-refractivity contribution in [2.45, 2.75) is 20.8 Å². The van der Waals surface area contributed by atoms with Crippen molar-refractivity contribution in [2.75, 3.05) is 0 Å². The summed E-state index contributed by atoms with van der Waals surface area (Å²) in [6.45, 7) is 6.28. The molecule has 6 heteroatoms. The molecule has 0 saturated heterocycles. The molecule has 5 rings (SSSR count). The van der Waals surface area contributed by atoms with E-state index in [9.17, 15) is 5.11 Å². The van der Waals surface area contributed by atoms with Crippen LogP contribution in [0.25, 0.3) is 33.8 Å². The molecule has 0 unspecified atom stereocenters. The lowest BCUT2D eigenvalue weighted by atomic mass is 10.2. The molecule has 0 amide bonds. The number of benzene rings is 2. The molecule has 0 aliphatic rings. The third-order valence-electron chi connectivity index (χ3n) is 5.33. The Balaban J connectivity index is 1.84. The molecule has 0 atom stereocenters. The maximum Gasteiger partial charge on any atom is 0.185 e. The SMILES string of the molecule is Cc1ccccc1-n1c(C)c(C)c2c1ncn1nc(-c3ccccc3O)nc21. The van der Waals surface area contributed by atoms with Gasteiger partial charge in [-0.2, -0.15) is 0 Å². The van der Waals surface area contributed by atoms with E-state index in [0.29, 0.717) is 11.4 Å². The molecule has 28 heavy (non-hydrogen) atoms. The van der Waals surface area contributed by atoms with E-state index < -0.39 is 0 Å². The Bertz CT molecular complexity index is 1360. The number of nitrogens with zero attached hydrogens (tertiary/aromatic N) is 5. The molecular formula is C22H19N5O. The minimum atomic E-state index is 0.160. The first-order valence-corrected chi connectivity index (χ1v) is 9.13. The van der Waals surface area contributed by atoms with Crippen LogP contribution in [0.5, 0.6) is 5.75 Å². The van der Waals surface area contributed by atoms with Crippen molar-refractivity contribution in [3.63, 3.8) is 0 Å². The molecule has 0 saturated carbocycles. The molecule has 6 nitrogen and oxygen atoms in total. The molecule has 0 fully saturated rings. The number of aromatic hydroxyl groups is 1. The molecule has 2 aromatic carbocycles. The molecule has 0 radical (unpaired) electrons. The van der Waals surface area contributed by atoms with Gasteiger partial charge >= 0.3 is 0 Å². The summed E-state index contributed by atoms with van der Waals surface area (Å²) in [5.74, 6) is 0.640. The molecule has 138 valence electrons. The van der Waals surface area contributed by atoms with Crippen LogP contribution in [0.1, 0.15) is 16.8 Å². The number of phenols is 1. The maximum absolute atomic E-state index is 10.2. The number of aromatic nitrogens is 5. The Labute approximate surface area is 161 Å². The number of rotatable bonds is 2. The zero-order chi connectivity index (χ0) is 19.4. The number of fused-ring (bicyclic) bond motifs is 3. The quantitative estimate of drug-likeness (QED) is 0.502. The summed E-state index contributed by atoms with van der Waals surface area (Å²) in [7, 11) is 0. The van der Waals surface area contributed by atoms with E-state index in [0.717, 1.165) is 33.6 Å². The maximum atomic E-state index is 10.2. The summed E-state index contributed by atoms with van der Waals surface area (Å²) in [4.78, 5) is 9.44. The highest BCUT2D eigenvalue weighted by Crippen LogP contribution is 2.32. The van der Waals surface area contributed by atoms with Gasteiger partial charge in [0.1, 0.15) is 12.1 Å². The molecule has 3 aromatic heterocycles. The average Bonchev–Trinajstić information content (AvgIpc) is 3.22. The van der Waals surface area contributed by atoms with E-state index in [4.69, 9.17) is 9.97 Å². The van der Waals surface area contributed by atoms with Crippen molar-refractivity contribution in [3.05, 3.63) is 71.7 Å². The standard InChI is InChI=1S/C22H19N5O/c1-13-8-4-6-10-17(13)27-15(3)14(2)19-21(27)23-12-26-22(19)24-20(25-26)16-9-5-7-11-18(16)28/h4-12,28H,1-3H3. The third-order valence-corrected chi connectivity index (χ3v) is 5.33. The first-order valence-electron chi connectivity index (χ1n) is 9.13. The summed E-state index contributed by atoms with van der Waals surface area (Å²) < 4.78 is 3.85. The Morgan fingerprint density at radius 3 is 2.43 bits per heavy atom. The van der Waals surface area contributed by atoms with Crippen LogP contribution in [0.4, 0.5) is 0 Å². The summed E-state index contributed by atoms with van der Waals surface area (Å²) in [6, 6.07) is 15.4. The molecule has 0 aliphatic carbocycles. The van der Waals surface area contributed by atoms with Gasteiger partial charge in [0.25, 0.3) is 0 Å². The van der Waals surface area contributed by atoms with Crippen molar-refractivity contribution in [2.24, 2.45) is 0 Å². The first-order chi connectivity index (χ1) is 13.6. The lowest BCUT2D eigenvalue weighted by Crippen LogP contribution is -2.01. The summed E-state index contributed by atoms with van der Waals surface area (Å²) in [6.07, 6.45) is 1.68. The summed E-state index contributed by atoms with van der Waals surface area (Å²) in [5, 5.41) is 15.7. The Kier molecular flexibility index (Phi) is 3.49. The van der Waals surface area contributed by atoms with Crippen molar-refractivity contribution in [1.29, 1.82) is 0 Å². The highest BCUT2D eigenvalue weighted by atomic mass is 16.3. The van der Waals surface area contributed by atoms with Crippen LogP contribution in [-0.4, -0.2) is 29.3 Å². The van der Waals surface area contributed by atoms with E-state index in [1.165, 1.54) is 5.56 Å². The second-order valence-electron chi connectivity index (χ2n) is 7.00. The van der Waals surface area contributed by atoms with Crippen molar-refractivity contribution >= 4 is 16.7 Å². The summed E-state index contributed by atoms with van der Waals surface area (Å²) >= 11 is 0. The van der Waals surface area contributed by atoms with Crippen LogP contribution in [-0.2, 0) is 0 Å². The Hall–Kier alpha value is -3.67. The van der Waals surface area contributed by atoms with Crippen LogP contribution in [0, 0.1) is 20.8 Å². The van der Waals surface area contributed by atoms with Crippen molar-refractivity contribution in [1.82, 2.24) is 24.1 Å². The Morgan fingerprint density at radius 1 is 0.893 bits per heavy atom. The van der Waals surface area contributed by atoms with Crippen LogP contribution >= 0.6 is 0 Å². The fraction of sp³-hybridized carbons (Fsp3) is 0.136. The van der Waals surface area contributed by atoms with Crippen LogP contribution in [0.2, 0.25) is 0 Å². The number of hydrogen-bond acceptors (Lipinski definition) is 4. The van der Waals surface area contributed by atoms with Gasteiger partial charge in [-0.25, -0.2) is 14.5 Å². The van der Waals surface area contributed by atoms with E-state index in [2.05, 4.69) is 42.6 Å². The van der Waals surface area contributed by atoms with E-state index >= 15 is 0 Å². The fourth-order valence-corrected chi connectivity index (χ4v) is 3.75. The van der Waals surface area contributed by atoms with Gasteiger partial charge in [0.15, 0.2) is 17.1 Å². The predicted molar refractivity (Wildman–Crippen MR) is 109 cm³/mol.